The van der Waals surface area contributed by atoms with E-state index in [1.807, 2.05) is 0 Å². The van der Waals surface area contributed by atoms with Crippen LogP contribution >= 0.6 is 11.3 Å². The fraction of sp³-hybridized carbons (Fsp3) is 0.0435. The summed E-state index contributed by atoms with van der Waals surface area (Å²) in [7, 11) is 0. The van der Waals surface area contributed by atoms with Crippen molar-refractivity contribution >= 4 is 40.4 Å². The number of hydrogen-bond donors (Lipinski definition) is 1. The van der Waals surface area contributed by atoms with Crippen LogP contribution in [-0.2, 0) is 0 Å². The number of nitrogens with zero attached hydrogens (tertiary/aromatic N) is 4. The predicted molar refractivity (Wildman–Crippen MR) is 120 cm³/mol. The molecular formula is C23H15N5O3S. The number of amides is 3. The minimum atomic E-state index is -0.389. The molecule has 32 heavy (non-hydrogen) atoms. The van der Waals surface area contributed by atoms with Crippen LogP contribution < -0.4 is 10.2 Å². The molecule has 0 aliphatic carbocycles. The molecule has 4 aromatic rings. The normalized spacial score (nSPS) is 12.7. The van der Waals surface area contributed by atoms with E-state index in [1.54, 1.807) is 73.9 Å². The molecule has 0 spiro atoms. The van der Waals surface area contributed by atoms with Gasteiger partial charge in [0.15, 0.2) is 10.8 Å². The Morgan fingerprint density at radius 2 is 1.62 bits per heavy atom. The van der Waals surface area contributed by atoms with Crippen LogP contribution in [-0.4, -0.2) is 32.7 Å². The summed E-state index contributed by atoms with van der Waals surface area (Å²) in [5, 5.41) is 3.37. The van der Waals surface area contributed by atoms with E-state index in [0.29, 0.717) is 43.9 Å². The van der Waals surface area contributed by atoms with Crippen molar-refractivity contribution < 1.29 is 14.4 Å². The molecule has 1 N–H and O–H groups in total. The monoisotopic (exact) mass is 441 g/mol. The minimum Gasteiger partial charge on any atom is -0.321 e. The van der Waals surface area contributed by atoms with Crippen molar-refractivity contribution in [2.45, 2.75) is 6.92 Å². The van der Waals surface area contributed by atoms with Gasteiger partial charge in [-0.15, -0.1) is 11.3 Å². The van der Waals surface area contributed by atoms with Gasteiger partial charge in [0, 0.05) is 18.1 Å². The zero-order valence-electron chi connectivity index (χ0n) is 16.8. The molecule has 0 bridgehead atoms. The molecule has 5 rings (SSSR count). The number of nitrogens with one attached hydrogen (secondary N) is 1. The third-order valence-electron chi connectivity index (χ3n) is 4.92. The van der Waals surface area contributed by atoms with Gasteiger partial charge in [-0.05, 0) is 43.3 Å². The van der Waals surface area contributed by atoms with Gasteiger partial charge in [0.25, 0.3) is 17.7 Å². The molecule has 156 valence electrons. The van der Waals surface area contributed by atoms with Crippen molar-refractivity contribution in [2.24, 2.45) is 0 Å². The largest absolute Gasteiger partial charge is 0.321 e. The van der Waals surface area contributed by atoms with E-state index in [2.05, 4.69) is 20.3 Å². The maximum absolute atomic E-state index is 12.9. The lowest BCUT2D eigenvalue weighted by Gasteiger charge is -2.15. The third kappa shape index (κ3) is 3.34. The zero-order chi connectivity index (χ0) is 22.2. The molecule has 3 amide bonds. The van der Waals surface area contributed by atoms with E-state index in [0.717, 1.165) is 4.90 Å². The summed E-state index contributed by atoms with van der Waals surface area (Å²) in [5.74, 6) is -0.672. The van der Waals surface area contributed by atoms with E-state index in [1.165, 1.54) is 11.3 Å². The second kappa shape index (κ2) is 7.78. The number of carbonyl (C=O) groups is 3. The third-order valence-corrected chi connectivity index (χ3v) is 6.07. The Morgan fingerprint density at radius 3 is 2.31 bits per heavy atom. The average molecular weight is 441 g/mol. The van der Waals surface area contributed by atoms with Crippen molar-refractivity contribution in [3.8, 4) is 10.8 Å². The number of benzene rings is 2. The molecule has 0 atom stereocenters. The Labute approximate surface area is 186 Å². The minimum absolute atomic E-state index is 0.346. The lowest BCUT2D eigenvalue weighted by atomic mass is 10.1. The van der Waals surface area contributed by atoms with Crippen molar-refractivity contribution in [1.29, 1.82) is 0 Å². The van der Waals surface area contributed by atoms with Gasteiger partial charge in [0.2, 0.25) is 0 Å². The lowest BCUT2D eigenvalue weighted by molar-refractivity contribution is 0.0925. The summed E-state index contributed by atoms with van der Waals surface area (Å²) in [6.45, 7) is 1.74. The number of rotatable bonds is 4. The highest BCUT2D eigenvalue weighted by molar-refractivity contribution is 7.17. The molecule has 9 heteroatoms. The van der Waals surface area contributed by atoms with Crippen LogP contribution in [0.4, 0.5) is 11.4 Å². The molecule has 0 saturated heterocycles. The molecule has 1 aliphatic rings. The van der Waals surface area contributed by atoms with Gasteiger partial charge in [-0.3, -0.25) is 14.4 Å². The summed E-state index contributed by atoms with van der Waals surface area (Å²) in [6, 6.07) is 15.0. The van der Waals surface area contributed by atoms with Crippen molar-refractivity contribution in [1.82, 2.24) is 15.0 Å². The van der Waals surface area contributed by atoms with Crippen LogP contribution in [0.25, 0.3) is 10.8 Å². The Hall–Kier alpha value is -4.24. The number of carbonyl (C=O) groups excluding carboxylic acids is 3. The zero-order valence-corrected chi connectivity index (χ0v) is 17.6. The second-order valence-corrected chi connectivity index (χ2v) is 8.00. The van der Waals surface area contributed by atoms with Gasteiger partial charge < -0.3 is 5.32 Å². The van der Waals surface area contributed by atoms with E-state index >= 15 is 0 Å². The first kappa shape index (κ1) is 19.7. The fourth-order valence-electron chi connectivity index (χ4n) is 3.45. The van der Waals surface area contributed by atoms with Gasteiger partial charge in [-0.2, -0.15) is 0 Å². The van der Waals surface area contributed by atoms with Crippen LogP contribution in [0.3, 0.4) is 0 Å². The number of hydrogen-bond acceptors (Lipinski definition) is 7. The molecule has 0 saturated carbocycles. The summed E-state index contributed by atoms with van der Waals surface area (Å²) in [5.41, 5.74) is 2.12. The Balaban J connectivity index is 1.40. The van der Waals surface area contributed by atoms with Crippen LogP contribution in [0.2, 0.25) is 0 Å². The number of aromatic nitrogens is 3. The highest BCUT2D eigenvalue weighted by atomic mass is 32.1. The highest BCUT2D eigenvalue weighted by Gasteiger charge is 2.36. The summed E-state index contributed by atoms with van der Waals surface area (Å²) >= 11 is 1.20. The molecule has 0 fully saturated rings. The van der Waals surface area contributed by atoms with E-state index in [9.17, 15) is 14.4 Å². The van der Waals surface area contributed by atoms with Crippen LogP contribution in [0.15, 0.2) is 67.0 Å². The number of aryl methyl sites for hydroxylation is 1. The summed E-state index contributed by atoms with van der Waals surface area (Å²) in [6.07, 6.45) is 3.23. The first-order valence-corrected chi connectivity index (χ1v) is 10.5. The molecule has 3 heterocycles. The molecule has 2 aromatic heterocycles. The Morgan fingerprint density at radius 1 is 0.938 bits per heavy atom. The second-order valence-electron chi connectivity index (χ2n) is 7.00. The Kier molecular flexibility index (Phi) is 4.79. The number of anilines is 2. The van der Waals surface area contributed by atoms with Gasteiger partial charge >= 0.3 is 0 Å². The first-order valence-electron chi connectivity index (χ1n) is 9.67. The molecular weight excluding hydrogens is 426 g/mol. The standard InChI is InChI=1S/C23H15N5O3S/c1-13-18(32-21(26-13)19-24-10-5-11-25-19)20(29)27-14-6-4-7-15(12-14)28-22(30)16-8-2-3-9-17(16)23(28)31/h2-12H,1H3,(H,27,29). The van der Waals surface area contributed by atoms with Gasteiger partial charge in [0.1, 0.15) is 4.88 Å². The topological polar surface area (TPSA) is 105 Å². The maximum Gasteiger partial charge on any atom is 0.267 e. The number of fused-ring (bicyclic) bond motifs is 1. The maximum atomic E-state index is 12.9. The first-order chi connectivity index (χ1) is 15.5. The van der Waals surface area contributed by atoms with Crippen molar-refractivity contribution in [3.05, 3.63) is 88.7 Å². The van der Waals surface area contributed by atoms with Crippen molar-refractivity contribution in [3.63, 3.8) is 0 Å². The van der Waals surface area contributed by atoms with Crippen LogP contribution in [0.5, 0.6) is 0 Å². The van der Waals surface area contributed by atoms with E-state index < -0.39 is 0 Å². The fourth-order valence-corrected chi connectivity index (χ4v) is 4.36. The number of imide groups is 1. The molecule has 8 nitrogen and oxygen atoms in total. The van der Waals surface area contributed by atoms with E-state index in [-0.39, 0.29) is 17.7 Å². The van der Waals surface area contributed by atoms with Crippen LogP contribution in [0, 0.1) is 6.92 Å². The smallest absolute Gasteiger partial charge is 0.267 e. The molecule has 1 aliphatic heterocycles. The molecule has 2 aromatic carbocycles. The molecule has 0 radical (unpaired) electrons. The number of thiazole rings is 1. The summed E-state index contributed by atoms with van der Waals surface area (Å²) in [4.78, 5) is 52.7. The average Bonchev–Trinajstić information content (AvgIpc) is 3.32. The quantitative estimate of drug-likeness (QED) is 0.481. The Bertz CT molecular complexity index is 1350. The van der Waals surface area contributed by atoms with E-state index in [4.69, 9.17) is 0 Å². The van der Waals surface area contributed by atoms with Gasteiger partial charge in [0.05, 0.1) is 22.5 Å². The lowest BCUT2D eigenvalue weighted by Crippen LogP contribution is -2.29. The van der Waals surface area contributed by atoms with Gasteiger partial charge in [-0.25, -0.2) is 19.9 Å². The predicted octanol–water partition coefficient (Wildman–Crippen LogP) is 3.96. The van der Waals surface area contributed by atoms with Crippen LogP contribution in [0.1, 0.15) is 36.1 Å². The highest BCUT2D eigenvalue weighted by Crippen LogP contribution is 2.30. The molecule has 0 unspecified atom stereocenters. The van der Waals surface area contributed by atoms with Gasteiger partial charge in [-0.1, -0.05) is 18.2 Å². The summed E-state index contributed by atoms with van der Waals surface area (Å²) < 4.78 is 0. The SMILES string of the molecule is Cc1nc(-c2ncccn2)sc1C(=O)Nc1cccc(N2C(=O)c3ccccc3C2=O)c1. The van der Waals surface area contributed by atoms with Crippen molar-refractivity contribution in [2.75, 3.05) is 10.2 Å².